The lowest BCUT2D eigenvalue weighted by molar-refractivity contribution is 0.0920. The van der Waals surface area contributed by atoms with Gasteiger partial charge in [0.1, 0.15) is 10.7 Å². The van der Waals surface area contributed by atoms with Crippen LogP contribution in [0, 0.1) is 5.92 Å². The summed E-state index contributed by atoms with van der Waals surface area (Å²) in [5, 5.41) is 15.2. The second-order valence-electron chi connectivity index (χ2n) is 5.45. The van der Waals surface area contributed by atoms with E-state index in [-0.39, 0.29) is 18.6 Å². The summed E-state index contributed by atoms with van der Waals surface area (Å²) in [6.07, 6.45) is 2.83. The van der Waals surface area contributed by atoms with Gasteiger partial charge in [-0.2, -0.15) is 0 Å². The van der Waals surface area contributed by atoms with Gasteiger partial charge in [0.25, 0.3) is 5.91 Å². The van der Waals surface area contributed by atoms with Crippen LogP contribution in [0.25, 0.3) is 10.6 Å². The number of hydrogen-bond acceptors (Lipinski definition) is 4. The number of thiazole rings is 1. The summed E-state index contributed by atoms with van der Waals surface area (Å²) >= 11 is 7.57. The van der Waals surface area contributed by atoms with Gasteiger partial charge in [0.05, 0.1) is 5.02 Å². The lowest BCUT2D eigenvalue weighted by Gasteiger charge is -2.16. The maximum absolute atomic E-state index is 12.3. The molecule has 6 heteroatoms. The van der Waals surface area contributed by atoms with Crippen molar-refractivity contribution >= 4 is 28.8 Å². The Kier molecular flexibility index (Phi) is 4.76. The Morgan fingerprint density at radius 1 is 1.45 bits per heavy atom. The summed E-state index contributed by atoms with van der Waals surface area (Å²) in [6, 6.07) is 7.50. The van der Waals surface area contributed by atoms with E-state index < -0.39 is 0 Å². The van der Waals surface area contributed by atoms with Gasteiger partial charge in [-0.15, -0.1) is 11.3 Å². The van der Waals surface area contributed by atoms with E-state index in [1.165, 1.54) is 11.3 Å². The third-order valence-corrected chi connectivity index (χ3v) is 4.99. The second-order valence-corrected chi connectivity index (χ2v) is 6.71. The summed E-state index contributed by atoms with van der Waals surface area (Å²) in [4.78, 5) is 16.7. The number of rotatable bonds is 6. The Hall–Kier alpha value is -1.43. The smallest absolute Gasteiger partial charge is 0.271 e. The van der Waals surface area contributed by atoms with E-state index in [1.54, 1.807) is 5.38 Å². The van der Waals surface area contributed by atoms with Gasteiger partial charge in [-0.1, -0.05) is 29.8 Å². The fourth-order valence-electron chi connectivity index (χ4n) is 2.44. The number of aliphatic hydroxyl groups is 1. The maximum Gasteiger partial charge on any atom is 0.271 e. The highest BCUT2D eigenvalue weighted by Gasteiger charge is 2.32. The molecule has 0 radical (unpaired) electrons. The minimum atomic E-state index is -0.181. The van der Waals surface area contributed by atoms with Crippen LogP contribution in [0.1, 0.15) is 29.8 Å². The molecule has 1 aromatic heterocycles. The third kappa shape index (κ3) is 3.48. The topological polar surface area (TPSA) is 62.2 Å². The molecule has 0 bridgehead atoms. The van der Waals surface area contributed by atoms with Crippen LogP contribution in [0.5, 0.6) is 0 Å². The Morgan fingerprint density at radius 3 is 2.91 bits per heavy atom. The minimum Gasteiger partial charge on any atom is -0.396 e. The lowest BCUT2D eigenvalue weighted by atomic mass is 10.1. The molecule has 2 aromatic rings. The molecule has 0 aliphatic heterocycles. The van der Waals surface area contributed by atoms with Crippen molar-refractivity contribution in [2.24, 2.45) is 5.92 Å². The predicted octanol–water partition coefficient (Wildman–Crippen LogP) is 3.35. The quantitative estimate of drug-likeness (QED) is 0.850. The molecule has 1 heterocycles. The van der Waals surface area contributed by atoms with E-state index in [2.05, 4.69) is 10.3 Å². The van der Waals surface area contributed by atoms with E-state index in [1.807, 2.05) is 24.3 Å². The fraction of sp³-hybridized carbons (Fsp3) is 0.375. The first-order valence-corrected chi connectivity index (χ1v) is 8.57. The largest absolute Gasteiger partial charge is 0.396 e. The Labute approximate surface area is 138 Å². The van der Waals surface area contributed by atoms with E-state index >= 15 is 0 Å². The monoisotopic (exact) mass is 336 g/mol. The molecular formula is C16H17ClN2O2S. The first-order chi connectivity index (χ1) is 10.7. The van der Waals surface area contributed by atoms with Gasteiger partial charge in [0, 0.05) is 23.6 Å². The second kappa shape index (κ2) is 6.77. The van der Waals surface area contributed by atoms with Crippen LogP contribution in [0.2, 0.25) is 5.02 Å². The van der Waals surface area contributed by atoms with Crippen molar-refractivity contribution < 1.29 is 9.90 Å². The highest BCUT2D eigenvalue weighted by Crippen LogP contribution is 2.34. The molecule has 1 fully saturated rings. The standard InChI is InChI=1S/C16H17ClN2O2S/c17-12-4-2-1-3-11(12)16-19-14(9-22-16)15(21)18-13(7-8-20)10-5-6-10/h1-4,9-10,13,20H,5-8H2,(H,18,21). The van der Waals surface area contributed by atoms with E-state index in [4.69, 9.17) is 16.7 Å². The summed E-state index contributed by atoms with van der Waals surface area (Å²) in [7, 11) is 0. The zero-order valence-electron chi connectivity index (χ0n) is 12.0. The van der Waals surface area contributed by atoms with Crippen molar-refractivity contribution in [1.82, 2.24) is 10.3 Å². The number of nitrogens with zero attached hydrogens (tertiary/aromatic N) is 1. The van der Waals surface area contributed by atoms with Gasteiger partial charge in [-0.3, -0.25) is 4.79 Å². The molecule has 3 rings (SSSR count). The zero-order chi connectivity index (χ0) is 15.5. The predicted molar refractivity (Wildman–Crippen MR) is 88.2 cm³/mol. The maximum atomic E-state index is 12.3. The third-order valence-electron chi connectivity index (χ3n) is 3.79. The molecule has 116 valence electrons. The molecule has 1 aliphatic rings. The zero-order valence-corrected chi connectivity index (χ0v) is 13.5. The van der Waals surface area contributed by atoms with Crippen LogP contribution < -0.4 is 5.32 Å². The molecule has 2 N–H and O–H groups in total. The number of halogens is 1. The molecule has 1 saturated carbocycles. The Morgan fingerprint density at radius 2 is 2.23 bits per heavy atom. The summed E-state index contributed by atoms with van der Waals surface area (Å²) in [6.45, 7) is 0.0867. The van der Waals surface area contributed by atoms with E-state index in [9.17, 15) is 4.79 Å². The minimum absolute atomic E-state index is 0.0444. The first-order valence-electron chi connectivity index (χ1n) is 7.31. The molecule has 0 spiro atoms. The van der Waals surface area contributed by atoms with Crippen molar-refractivity contribution in [3.63, 3.8) is 0 Å². The Balaban J connectivity index is 1.73. The molecule has 1 aromatic carbocycles. The average molecular weight is 337 g/mol. The molecule has 4 nitrogen and oxygen atoms in total. The average Bonchev–Trinajstić information content (AvgIpc) is 3.24. The number of amides is 1. The van der Waals surface area contributed by atoms with E-state index in [0.29, 0.717) is 23.1 Å². The van der Waals surface area contributed by atoms with Crippen LogP contribution in [0.3, 0.4) is 0 Å². The number of hydrogen-bond donors (Lipinski definition) is 2. The summed E-state index contributed by atoms with van der Waals surface area (Å²) < 4.78 is 0. The molecule has 1 aliphatic carbocycles. The van der Waals surface area contributed by atoms with Crippen LogP contribution in [0.4, 0.5) is 0 Å². The number of aromatic nitrogens is 1. The van der Waals surface area contributed by atoms with Crippen LogP contribution in [0.15, 0.2) is 29.6 Å². The lowest BCUT2D eigenvalue weighted by Crippen LogP contribution is -2.37. The van der Waals surface area contributed by atoms with Crippen molar-refractivity contribution in [3.8, 4) is 10.6 Å². The molecule has 22 heavy (non-hydrogen) atoms. The van der Waals surface area contributed by atoms with Crippen LogP contribution >= 0.6 is 22.9 Å². The number of carbonyl (C=O) groups is 1. The Bertz CT molecular complexity index is 670. The molecule has 1 atom stereocenters. The normalized spacial score (nSPS) is 15.5. The van der Waals surface area contributed by atoms with Gasteiger partial charge in [0.2, 0.25) is 0 Å². The summed E-state index contributed by atoms with van der Waals surface area (Å²) in [5.41, 5.74) is 1.24. The van der Waals surface area contributed by atoms with Crippen molar-refractivity contribution in [2.75, 3.05) is 6.61 Å². The number of carbonyl (C=O) groups excluding carboxylic acids is 1. The SMILES string of the molecule is O=C(NC(CCO)C1CC1)c1csc(-c2ccccc2Cl)n1. The van der Waals surface area contributed by atoms with Crippen molar-refractivity contribution in [1.29, 1.82) is 0 Å². The highest BCUT2D eigenvalue weighted by molar-refractivity contribution is 7.13. The molecule has 1 unspecified atom stereocenters. The molecule has 1 amide bonds. The van der Waals surface area contributed by atoms with E-state index in [0.717, 1.165) is 23.4 Å². The van der Waals surface area contributed by atoms with Gasteiger partial charge >= 0.3 is 0 Å². The van der Waals surface area contributed by atoms with Gasteiger partial charge in [0.15, 0.2) is 0 Å². The van der Waals surface area contributed by atoms with Crippen molar-refractivity contribution in [2.45, 2.75) is 25.3 Å². The molecular weight excluding hydrogens is 320 g/mol. The van der Waals surface area contributed by atoms with Gasteiger partial charge < -0.3 is 10.4 Å². The highest BCUT2D eigenvalue weighted by atomic mass is 35.5. The fourth-order valence-corrected chi connectivity index (χ4v) is 3.56. The first kappa shape index (κ1) is 15.5. The number of benzene rings is 1. The number of aliphatic hydroxyl groups excluding tert-OH is 1. The van der Waals surface area contributed by atoms with Crippen LogP contribution in [-0.2, 0) is 0 Å². The number of nitrogens with one attached hydrogen (secondary N) is 1. The van der Waals surface area contributed by atoms with Gasteiger partial charge in [-0.25, -0.2) is 4.98 Å². The summed E-state index contributed by atoms with van der Waals surface area (Å²) in [5.74, 6) is 0.317. The van der Waals surface area contributed by atoms with Crippen LogP contribution in [-0.4, -0.2) is 28.6 Å². The van der Waals surface area contributed by atoms with Crippen molar-refractivity contribution in [3.05, 3.63) is 40.4 Å². The van der Waals surface area contributed by atoms with Gasteiger partial charge in [-0.05, 0) is 31.2 Å². The molecule has 0 saturated heterocycles.